The number of ether oxygens (including phenoxy) is 1. The van der Waals surface area contributed by atoms with Crippen molar-refractivity contribution in [1.29, 1.82) is 0 Å². The quantitative estimate of drug-likeness (QED) is 0.703. The third-order valence-electron chi connectivity index (χ3n) is 4.65. The van der Waals surface area contributed by atoms with Gasteiger partial charge in [-0.25, -0.2) is 4.98 Å². The second kappa shape index (κ2) is 8.98. The number of carbonyl (C=O) groups excluding carboxylic acids is 2. The van der Waals surface area contributed by atoms with E-state index in [1.54, 1.807) is 34.5 Å². The number of benzene rings is 2. The molecule has 0 spiro atoms. The third kappa shape index (κ3) is 4.88. The second-order valence-electron chi connectivity index (χ2n) is 6.73. The van der Waals surface area contributed by atoms with Crippen LogP contribution in [0.25, 0.3) is 0 Å². The molecule has 0 unspecified atom stereocenters. The average Bonchev–Trinajstić information content (AvgIpc) is 3.23. The van der Waals surface area contributed by atoms with Gasteiger partial charge in [-0.05, 0) is 23.8 Å². The number of nitrogens with one attached hydrogen (secondary N) is 1. The number of morpholine rings is 1. The highest BCUT2D eigenvalue weighted by Gasteiger charge is 2.19. The van der Waals surface area contributed by atoms with E-state index in [4.69, 9.17) is 4.74 Å². The molecule has 0 bridgehead atoms. The summed E-state index contributed by atoms with van der Waals surface area (Å²) in [5.41, 5.74) is 2.66. The zero-order valence-corrected chi connectivity index (χ0v) is 16.7. The number of hydrogen-bond donors (Lipinski definition) is 1. The van der Waals surface area contributed by atoms with E-state index in [2.05, 4.69) is 10.3 Å². The molecule has 0 saturated carbocycles. The van der Waals surface area contributed by atoms with Crippen molar-refractivity contribution in [3.05, 3.63) is 81.8 Å². The Morgan fingerprint density at radius 2 is 1.86 bits per heavy atom. The fraction of sp³-hybridized carbons (Fsp3) is 0.227. The predicted molar refractivity (Wildman–Crippen MR) is 112 cm³/mol. The number of thiazole rings is 1. The van der Waals surface area contributed by atoms with E-state index in [-0.39, 0.29) is 11.8 Å². The molecular weight excluding hydrogens is 386 g/mol. The summed E-state index contributed by atoms with van der Waals surface area (Å²) in [4.78, 5) is 31.4. The minimum absolute atomic E-state index is 0.0526. The summed E-state index contributed by atoms with van der Waals surface area (Å²) in [5, 5.41) is 5.49. The first kappa shape index (κ1) is 19.3. The van der Waals surface area contributed by atoms with Crippen LogP contribution in [0.5, 0.6) is 0 Å². The van der Waals surface area contributed by atoms with Gasteiger partial charge in [0.05, 0.1) is 18.2 Å². The SMILES string of the molecule is O=C(Nc1cccc(C(=O)N2CCOCC2)c1)c1csc(Cc2ccccc2)n1. The van der Waals surface area contributed by atoms with Crippen molar-refractivity contribution < 1.29 is 14.3 Å². The van der Waals surface area contributed by atoms with Crippen molar-refractivity contribution in [3.63, 3.8) is 0 Å². The highest BCUT2D eigenvalue weighted by molar-refractivity contribution is 7.09. The van der Waals surface area contributed by atoms with Crippen LogP contribution in [0.4, 0.5) is 5.69 Å². The molecule has 2 aromatic carbocycles. The Bertz CT molecular complexity index is 997. The van der Waals surface area contributed by atoms with Crippen molar-refractivity contribution in [2.24, 2.45) is 0 Å². The number of amides is 2. The molecule has 0 radical (unpaired) electrons. The first-order valence-electron chi connectivity index (χ1n) is 9.46. The van der Waals surface area contributed by atoms with Crippen molar-refractivity contribution in [3.8, 4) is 0 Å². The van der Waals surface area contributed by atoms with Crippen molar-refractivity contribution in [2.75, 3.05) is 31.6 Å². The van der Waals surface area contributed by atoms with Gasteiger partial charge in [-0.3, -0.25) is 9.59 Å². The Hall–Kier alpha value is -3.03. The maximum atomic E-state index is 12.6. The van der Waals surface area contributed by atoms with Crippen molar-refractivity contribution in [1.82, 2.24) is 9.88 Å². The van der Waals surface area contributed by atoms with Gasteiger partial charge in [-0.2, -0.15) is 0 Å². The van der Waals surface area contributed by atoms with E-state index < -0.39 is 0 Å². The van der Waals surface area contributed by atoms with Crippen molar-refractivity contribution >= 4 is 28.8 Å². The van der Waals surface area contributed by atoms with Gasteiger partial charge in [-0.1, -0.05) is 36.4 Å². The summed E-state index contributed by atoms with van der Waals surface area (Å²) < 4.78 is 5.29. The molecule has 29 heavy (non-hydrogen) atoms. The summed E-state index contributed by atoms with van der Waals surface area (Å²) in [6.45, 7) is 2.27. The molecule has 4 rings (SSSR count). The average molecular weight is 407 g/mol. The van der Waals surface area contributed by atoms with Crippen LogP contribution in [-0.4, -0.2) is 48.0 Å². The highest BCUT2D eigenvalue weighted by Crippen LogP contribution is 2.18. The standard InChI is InChI=1S/C22H21N3O3S/c26-21(19-15-29-20(24-19)13-16-5-2-1-3-6-16)23-18-8-4-7-17(14-18)22(27)25-9-11-28-12-10-25/h1-8,14-15H,9-13H2,(H,23,26). The minimum atomic E-state index is -0.281. The molecule has 1 aromatic heterocycles. The molecule has 2 heterocycles. The van der Waals surface area contributed by atoms with E-state index in [9.17, 15) is 9.59 Å². The van der Waals surface area contributed by atoms with E-state index >= 15 is 0 Å². The Morgan fingerprint density at radius 1 is 1.07 bits per heavy atom. The second-order valence-corrected chi connectivity index (χ2v) is 7.67. The molecule has 2 amide bonds. The summed E-state index contributed by atoms with van der Waals surface area (Å²) in [5.74, 6) is -0.334. The van der Waals surface area contributed by atoms with Gasteiger partial charge in [0.15, 0.2) is 0 Å². The molecule has 1 saturated heterocycles. The van der Waals surface area contributed by atoms with Crippen LogP contribution in [0, 0.1) is 0 Å². The lowest BCUT2D eigenvalue weighted by atomic mass is 10.1. The summed E-state index contributed by atoms with van der Waals surface area (Å²) in [6, 6.07) is 17.0. The lowest BCUT2D eigenvalue weighted by Crippen LogP contribution is -2.40. The number of anilines is 1. The Labute approximate surface area is 173 Å². The maximum Gasteiger partial charge on any atom is 0.275 e. The lowest BCUT2D eigenvalue weighted by Gasteiger charge is -2.27. The molecular formula is C22H21N3O3S. The molecule has 1 fully saturated rings. The number of carbonyl (C=O) groups is 2. The van der Waals surface area contributed by atoms with Crippen LogP contribution in [0.2, 0.25) is 0 Å². The van der Waals surface area contributed by atoms with E-state index in [1.807, 2.05) is 30.3 Å². The fourth-order valence-corrected chi connectivity index (χ4v) is 3.95. The van der Waals surface area contributed by atoms with Crippen molar-refractivity contribution in [2.45, 2.75) is 6.42 Å². The predicted octanol–water partition coefficient (Wildman–Crippen LogP) is 3.46. The molecule has 1 N–H and O–H groups in total. The largest absolute Gasteiger partial charge is 0.378 e. The third-order valence-corrected chi connectivity index (χ3v) is 5.50. The van der Waals surface area contributed by atoms with Gasteiger partial charge in [-0.15, -0.1) is 11.3 Å². The number of nitrogens with zero attached hydrogens (tertiary/aromatic N) is 2. The Kier molecular flexibility index (Phi) is 5.97. The first-order chi connectivity index (χ1) is 14.2. The summed E-state index contributed by atoms with van der Waals surface area (Å²) in [7, 11) is 0. The van der Waals surface area contributed by atoms with Gasteiger partial charge < -0.3 is 15.0 Å². The molecule has 7 heteroatoms. The van der Waals surface area contributed by atoms with Crippen LogP contribution >= 0.6 is 11.3 Å². The molecule has 148 valence electrons. The highest BCUT2D eigenvalue weighted by atomic mass is 32.1. The lowest BCUT2D eigenvalue weighted by molar-refractivity contribution is 0.0303. The van der Waals surface area contributed by atoms with Crippen LogP contribution in [0.15, 0.2) is 60.0 Å². The smallest absolute Gasteiger partial charge is 0.275 e. The zero-order valence-electron chi connectivity index (χ0n) is 15.8. The van der Waals surface area contributed by atoms with Gasteiger partial charge in [0.2, 0.25) is 0 Å². The zero-order chi connectivity index (χ0) is 20.1. The summed E-state index contributed by atoms with van der Waals surface area (Å²) >= 11 is 1.47. The molecule has 0 atom stereocenters. The first-order valence-corrected chi connectivity index (χ1v) is 10.3. The summed E-state index contributed by atoms with van der Waals surface area (Å²) in [6.07, 6.45) is 0.697. The normalized spacial score (nSPS) is 13.9. The number of rotatable bonds is 5. The Balaban J connectivity index is 1.41. The Morgan fingerprint density at radius 3 is 2.66 bits per heavy atom. The van der Waals surface area contributed by atoms with E-state index in [1.165, 1.54) is 11.3 Å². The van der Waals surface area contributed by atoms with E-state index in [0.29, 0.717) is 49.7 Å². The maximum absolute atomic E-state index is 12.6. The fourth-order valence-electron chi connectivity index (χ4n) is 3.14. The van der Waals surface area contributed by atoms with E-state index in [0.717, 1.165) is 10.6 Å². The molecule has 3 aromatic rings. The van der Waals surface area contributed by atoms with Crippen LogP contribution in [-0.2, 0) is 11.2 Å². The van der Waals surface area contributed by atoms with Crippen LogP contribution in [0.3, 0.4) is 0 Å². The molecule has 0 aliphatic carbocycles. The van der Waals surface area contributed by atoms with Crippen LogP contribution < -0.4 is 5.32 Å². The van der Waals surface area contributed by atoms with Gasteiger partial charge in [0, 0.05) is 36.1 Å². The topological polar surface area (TPSA) is 71.5 Å². The monoisotopic (exact) mass is 407 g/mol. The van der Waals surface area contributed by atoms with Gasteiger partial charge >= 0.3 is 0 Å². The number of aromatic nitrogens is 1. The van der Waals surface area contributed by atoms with Gasteiger partial charge in [0.25, 0.3) is 11.8 Å². The number of hydrogen-bond acceptors (Lipinski definition) is 5. The molecule has 1 aliphatic rings. The molecule has 1 aliphatic heterocycles. The van der Waals surface area contributed by atoms with Crippen LogP contribution in [0.1, 0.15) is 31.4 Å². The molecule has 6 nitrogen and oxygen atoms in total. The minimum Gasteiger partial charge on any atom is -0.378 e. The van der Waals surface area contributed by atoms with Gasteiger partial charge in [0.1, 0.15) is 5.69 Å².